The highest BCUT2D eigenvalue weighted by atomic mass is 16.4. The molecule has 1 N–H and O–H groups in total. The molecule has 1 saturated heterocycles. The van der Waals surface area contributed by atoms with Crippen molar-refractivity contribution >= 4 is 5.97 Å². The van der Waals surface area contributed by atoms with Crippen LogP contribution in [0.2, 0.25) is 0 Å². The Balaban J connectivity index is 1.83. The number of aliphatic carboxylic acids is 1. The maximum Gasteiger partial charge on any atom is 0.304 e. The third-order valence-corrected chi connectivity index (χ3v) is 4.03. The van der Waals surface area contributed by atoms with E-state index < -0.39 is 5.97 Å². The minimum Gasteiger partial charge on any atom is -0.481 e. The van der Waals surface area contributed by atoms with Gasteiger partial charge in [-0.25, -0.2) is 0 Å². The van der Waals surface area contributed by atoms with E-state index in [0.29, 0.717) is 12.6 Å². The smallest absolute Gasteiger partial charge is 0.304 e. The number of hydrogen-bond acceptors (Lipinski definition) is 3. The fourth-order valence-corrected chi connectivity index (χ4v) is 2.83. The van der Waals surface area contributed by atoms with Crippen LogP contribution in [0, 0.1) is 0 Å². The van der Waals surface area contributed by atoms with E-state index in [1.165, 1.54) is 18.4 Å². The second-order valence-electron chi connectivity index (χ2n) is 5.64. The SMILES string of the molecule is CN(CCC(=O)O)[C@H]1CCCN(Cc2ccccc2)C1. The van der Waals surface area contributed by atoms with Crippen molar-refractivity contribution in [3.05, 3.63) is 35.9 Å². The van der Waals surface area contributed by atoms with Crippen molar-refractivity contribution in [2.24, 2.45) is 0 Å². The predicted molar refractivity (Wildman–Crippen MR) is 79.6 cm³/mol. The monoisotopic (exact) mass is 276 g/mol. The molecule has 0 aliphatic carbocycles. The van der Waals surface area contributed by atoms with Crippen LogP contribution < -0.4 is 0 Å². The summed E-state index contributed by atoms with van der Waals surface area (Å²) < 4.78 is 0. The Bertz CT molecular complexity index is 422. The fraction of sp³-hybridized carbons (Fsp3) is 0.562. The standard InChI is InChI=1S/C16H24N2O2/c1-17(11-9-16(19)20)15-8-5-10-18(13-15)12-14-6-3-2-4-7-14/h2-4,6-7,15H,5,8-13H2,1H3,(H,19,20)/t15-/m0/s1. The number of carboxylic acids is 1. The first-order chi connectivity index (χ1) is 9.65. The summed E-state index contributed by atoms with van der Waals surface area (Å²) in [5.41, 5.74) is 1.35. The number of carbonyl (C=O) groups is 1. The lowest BCUT2D eigenvalue weighted by atomic mass is 10.0. The first kappa shape index (κ1) is 15.0. The fourth-order valence-electron chi connectivity index (χ4n) is 2.83. The lowest BCUT2D eigenvalue weighted by molar-refractivity contribution is -0.137. The van der Waals surface area contributed by atoms with Crippen LogP contribution in [0.1, 0.15) is 24.8 Å². The number of likely N-dealkylation sites (N-methyl/N-ethyl adjacent to an activating group) is 1. The van der Waals surface area contributed by atoms with Crippen molar-refractivity contribution in [1.29, 1.82) is 0 Å². The molecule has 1 aliphatic heterocycles. The maximum atomic E-state index is 10.7. The molecule has 4 heteroatoms. The molecule has 20 heavy (non-hydrogen) atoms. The van der Waals surface area contributed by atoms with E-state index >= 15 is 0 Å². The number of piperidine rings is 1. The summed E-state index contributed by atoms with van der Waals surface area (Å²) >= 11 is 0. The summed E-state index contributed by atoms with van der Waals surface area (Å²) in [7, 11) is 2.04. The molecule has 1 atom stereocenters. The van der Waals surface area contributed by atoms with Gasteiger partial charge in [0.1, 0.15) is 0 Å². The zero-order valence-electron chi connectivity index (χ0n) is 12.2. The Morgan fingerprint density at radius 3 is 2.85 bits per heavy atom. The van der Waals surface area contributed by atoms with Gasteiger partial charge in [0.15, 0.2) is 0 Å². The average molecular weight is 276 g/mol. The third kappa shape index (κ3) is 4.62. The molecule has 0 saturated carbocycles. The molecular formula is C16H24N2O2. The molecule has 0 spiro atoms. The topological polar surface area (TPSA) is 43.8 Å². The molecule has 1 heterocycles. The lowest BCUT2D eigenvalue weighted by Gasteiger charge is -2.37. The van der Waals surface area contributed by atoms with E-state index in [-0.39, 0.29) is 6.42 Å². The van der Waals surface area contributed by atoms with Gasteiger partial charge in [0.25, 0.3) is 0 Å². The molecule has 0 unspecified atom stereocenters. The van der Waals surface area contributed by atoms with Crippen LogP contribution >= 0.6 is 0 Å². The quantitative estimate of drug-likeness (QED) is 0.863. The van der Waals surface area contributed by atoms with E-state index in [9.17, 15) is 4.79 Å². The summed E-state index contributed by atoms with van der Waals surface area (Å²) in [5, 5.41) is 8.77. The third-order valence-electron chi connectivity index (χ3n) is 4.03. The van der Waals surface area contributed by atoms with Crippen LogP contribution in [0.15, 0.2) is 30.3 Å². The van der Waals surface area contributed by atoms with Crippen molar-refractivity contribution in [1.82, 2.24) is 9.80 Å². The van der Waals surface area contributed by atoms with Crippen LogP contribution in [0.3, 0.4) is 0 Å². The molecule has 1 aromatic rings. The van der Waals surface area contributed by atoms with Crippen molar-refractivity contribution in [3.63, 3.8) is 0 Å². The zero-order chi connectivity index (χ0) is 14.4. The van der Waals surface area contributed by atoms with Gasteiger partial charge in [0.2, 0.25) is 0 Å². The Kier molecular flexibility index (Phi) is 5.56. The van der Waals surface area contributed by atoms with Crippen molar-refractivity contribution in [2.45, 2.75) is 31.8 Å². The molecule has 1 fully saturated rings. The van der Waals surface area contributed by atoms with Gasteiger partial charge in [-0.05, 0) is 32.0 Å². The van der Waals surface area contributed by atoms with Crippen molar-refractivity contribution < 1.29 is 9.90 Å². The van der Waals surface area contributed by atoms with Crippen LogP contribution in [0.25, 0.3) is 0 Å². The molecule has 0 amide bonds. The highest BCUT2D eigenvalue weighted by Gasteiger charge is 2.23. The summed E-state index contributed by atoms with van der Waals surface area (Å²) in [4.78, 5) is 15.3. The zero-order valence-corrected chi connectivity index (χ0v) is 12.2. The van der Waals surface area contributed by atoms with Crippen molar-refractivity contribution in [3.8, 4) is 0 Å². The lowest BCUT2D eigenvalue weighted by Crippen LogP contribution is -2.46. The van der Waals surface area contributed by atoms with Gasteiger partial charge in [0.05, 0.1) is 6.42 Å². The van der Waals surface area contributed by atoms with Gasteiger partial charge in [-0.2, -0.15) is 0 Å². The average Bonchev–Trinajstić information content (AvgIpc) is 2.46. The van der Waals surface area contributed by atoms with E-state index in [4.69, 9.17) is 5.11 Å². The number of nitrogens with zero attached hydrogens (tertiary/aromatic N) is 2. The molecule has 1 aliphatic rings. The summed E-state index contributed by atoms with van der Waals surface area (Å²) in [5.74, 6) is -0.714. The minimum absolute atomic E-state index is 0.228. The highest BCUT2D eigenvalue weighted by molar-refractivity contribution is 5.66. The van der Waals surface area contributed by atoms with Crippen molar-refractivity contribution in [2.75, 3.05) is 26.7 Å². The van der Waals surface area contributed by atoms with E-state index in [2.05, 4.69) is 34.1 Å². The Morgan fingerprint density at radius 2 is 2.15 bits per heavy atom. The molecule has 4 nitrogen and oxygen atoms in total. The second kappa shape index (κ2) is 7.41. The first-order valence-electron chi connectivity index (χ1n) is 7.33. The number of carboxylic acid groups (broad SMARTS) is 1. The molecule has 0 bridgehead atoms. The van der Waals surface area contributed by atoms with E-state index in [0.717, 1.165) is 19.6 Å². The maximum absolute atomic E-state index is 10.7. The first-order valence-corrected chi connectivity index (χ1v) is 7.33. The number of benzene rings is 1. The normalized spacial score (nSPS) is 20.2. The molecule has 110 valence electrons. The number of hydrogen-bond donors (Lipinski definition) is 1. The number of rotatable bonds is 6. The largest absolute Gasteiger partial charge is 0.481 e. The highest BCUT2D eigenvalue weighted by Crippen LogP contribution is 2.17. The van der Waals surface area contributed by atoms with Gasteiger partial charge in [-0.15, -0.1) is 0 Å². The number of likely N-dealkylation sites (tertiary alicyclic amines) is 1. The molecule has 0 aromatic heterocycles. The van der Waals surface area contributed by atoms with Crippen LogP contribution in [-0.4, -0.2) is 53.6 Å². The van der Waals surface area contributed by atoms with E-state index in [1.807, 2.05) is 13.1 Å². The predicted octanol–water partition coefficient (Wildman–Crippen LogP) is 2.06. The second-order valence-corrected chi connectivity index (χ2v) is 5.64. The Morgan fingerprint density at radius 1 is 1.40 bits per heavy atom. The van der Waals surface area contributed by atoms with Gasteiger partial charge in [0, 0.05) is 25.7 Å². The Hall–Kier alpha value is -1.39. The molecule has 0 radical (unpaired) electrons. The van der Waals surface area contributed by atoms with E-state index in [1.54, 1.807) is 0 Å². The minimum atomic E-state index is -0.714. The van der Waals surface area contributed by atoms with Gasteiger partial charge >= 0.3 is 5.97 Å². The molecule has 2 rings (SSSR count). The summed E-state index contributed by atoms with van der Waals surface area (Å²) in [6.45, 7) is 3.80. The molecular weight excluding hydrogens is 252 g/mol. The van der Waals surface area contributed by atoms with Gasteiger partial charge in [-0.1, -0.05) is 30.3 Å². The summed E-state index contributed by atoms with van der Waals surface area (Å²) in [6.07, 6.45) is 2.59. The summed E-state index contributed by atoms with van der Waals surface area (Å²) in [6, 6.07) is 11.0. The van der Waals surface area contributed by atoms with Gasteiger partial charge < -0.3 is 10.0 Å². The Labute approximate surface area is 121 Å². The van der Waals surface area contributed by atoms with Crippen LogP contribution in [-0.2, 0) is 11.3 Å². The van der Waals surface area contributed by atoms with Crippen LogP contribution in [0.4, 0.5) is 0 Å². The van der Waals surface area contributed by atoms with Gasteiger partial charge in [-0.3, -0.25) is 9.69 Å². The van der Waals surface area contributed by atoms with Crippen LogP contribution in [0.5, 0.6) is 0 Å². The molecule has 1 aromatic carbocycles.